The highest BCUT2D eigenvalue weighted by molar-refractivity contribution is 6.62. The lowest BCUT2D eigenvalue weighted by molar-refractivity contribution is 0.00578. The van der Waals surface area contributed by atoms with Gasteiger partial charge in [0, 0.05) is 36.2 Å². The van der Waals surface area contributed by atoms with Crippen LogP contribution in [0.5, 0.6) is 0 Å². The molecule has 2 aromatic rings. The number of nitrogens with two attached hydrogens (primary N) is 1. The smallest absolute Gasteiger partial charge is 0.478 e. The molecule has 5 rings (SSSR count). The van der Waals surface area contributed by atoms with Crippen LogP contribution in [0.1, 0.15) is 76.1 Å². The molecule has 2 aromatic carbocycles. The maximum atomic E-state index is 11.6. The van der Waals surface area contributed by atoms with Gasteiger partial charge in [-0.05, 0) is 103 Å². The second-order valence-corrected chi connectivity index (χ2v) is 15.0. The Kier molecular flexibility index (Phi) is 15.1. The van der Waals surface area contributed by atoms with Crippen LogP contribution in [0.15, 0.2) is 36.4 Å². The molecular formula is C35H52B2Cl2N2O10. The van der Waals surface area contributed by atoms with Crippen molar-refractivity contribution in [2.75, 3.05) is 69.0 Å². The van der Waals surface area contributed by atoms with Crippen LogP contribution in [0.25, 0.3) is 0 Å². The number of nitrogen functional groups attached to an aromatic ring is 1. The predicted molar refractivity (Wildman–Crippen MR) is 202 cm³/mol. The number of rotatable bonds is 9. The summed E-state index contributed by atoms with van der Waals surface area (Å²) >= 11 is 10.5. The predicted octanol–water partition coefficient (Wildman–Crippen LogP) is 4.36. The van der Waals surface area contributed by atoms with Crippen LogP contribution < -0.4 is 21.6 Å². The number of hydrogen-bond donors (Lipinski definition) is 2. The van der Waals surface area contributed by atoms with Crippen molar-refractivity contribution in [3.8, 4) is 0 Å². The number of nitrogens with zero attached hydrogens (tertiary/aromatic N) is 1. The molecule has 3 fully saturated rings. The summed E-state index contributed by atoms with van der Waals surface area (Å²) in [6, 6.07) is 10.3. The number of halogens is 2. The number of carboxylic acids is 1. The third kappa shape index (κ3) is 11.2. The zero-order valence-electron chi connectivity index (χ0n) is 31.2. The molecule has 282 valence electrons. The summed E-state index contributed by atoms with van der Waals surface area (Å²) in [5.41, 5.74) is 7.44. The van der Waals surface area contributed by atoms with Crippen molar-refractivity contribution < 1.29 is 47.5 Å². The number of carbonyl (C=O) groups is 2. The number of alkyl halides is 2. The number of morpholine rings is 1. The van der Waals surface area contributed by atoms with E-state index in [2.05, 4.69) is 4.90 Å². The van der Waals surface area contributed by atoms with Crippen molar-refractivity contribution in [1.82, 2.24) is 0 Å². The monoisotopic (exact) mass is 752 g/mol. The van der Waals surface area contributed by atoms with Crippen LogP contribution in [-0.2, 0) is 32.8 Å². The average molecular weight is 753 g/mol. The molecule has 12 nitrogen and oxygen atoms in total. The molecule has 3 heterocycles. The molecule has 3 saturated heterocycles. The Hall–Kier alpha value is -2.55. The average Bonchev–Trinajstić information content (AvgIpc) is 3.44. The molecule has 0 saturated carbocycles. The molecule has 3 aliphatic rings. The van der Waals surface area contributed by atoms with Gasteiger partial charge in [-0.15, -0.1) is 23.2 Å². The number of carbonyl (C=O) groups excluding carboxylic acids is 1. The Morgan fingerprint density at radius 1 is 0.765 bits per heavy atom. The van der Waals surface area contributed by atoms with E-state index in [9.17, 15) is 14.7 Å². The lowest BCUT2D eigenvalue weighted by Gasteiger charge is -2.32. The molecule has 0 unspecified atom stereocenters. The number of ether oxygens (including phenoxy) is 3. The fourth-order valence-electron chi connectivity index (χ4n) is 5.12. The summed E-state index contributed by atoms with van der Waals surface area (Å²) in [5.74, 6) is -0.286. The van der Waals surface area contributed by atoms with Crippen molar-refractivity contribution in [3.63, 3.8) is 0 Å². The lowest BCUT2D eigenvalue weighted by atomic mass is 9.78. The Bertz CT molecular complexity index is 1450. The van der Waals surface area contributed by atoms with Gasteiger partial charge in [0.1, 0.15) is 0 Å². The molecule has 16 heteroatoms. The Morgan fingerprint density at radius 2 is 1.22 bits per heavy atom. The van der Waals surface area contributed by atoms with Gasteiger partial charge in [-0.3, -0.25) is 0 Å². The molecule has 0 bridgehead atoms. The summed E-state index contributed by atoms with van der Waals surface area (Å²) in [6.07, 6.45) is 0. The highest BCUT2D eigenvalue weighted by Crippen LogP contribution is 2.38. The lowest BCUT2D eigenvalue weighted by Crippen LogP contribution is -2.41. The first-order chi connectivity index (χ1) is 23.8. The van der Waals surface area contributed by atoms with E-state index in [0.29, 0.717) is 54.9 Å². The highest BCUT2D eigenvalue weighted by atomic mass is 35.5. The Balaban J connectivity index is 0.000000235. The van der Waals surface area contributed by atoms with Crippen molar-refractivity contribution in [2.45, 2.75) is 77.8 Å². The van der Waals surface area contributed by atoms with E-state index in [1.807, 2.05) is 61.5 Å². The molecule has 51 heavy (non-hydrogen) atoms. The van der Waals surface area contributed by atoms with E-state index < -0.39 is 48.6 Å². The van der Waals surface area contributed by atoms with Gasteiger partial charge in [-0.25, -0.2) is 9.59 Å². The second-order valence-electron chi connectivity index (χ2n) is 14.3. The largest absolute Gasteiger partial charge is 0.494 e. The molecule has 0 radical (unpaired) electrons. The SMILES string of the molecule is CC1(C)OB(c2cc(C(=O)O)cc(N3CCOCC3)c2)OC1(C)C.COC(=O)c1cc(N)cc(B2OC(C)(C)C(C)(C)O2)c1.ClCCOCCCl. The molecule has 3 aliphatic heterocycles. The topological polar surface area (TPSA) is 148 Å². The van der Waals surface area contributed by atoms with Gasteiger partial charge in [0.2, 0.25) is 0 Å². The van der Waals surface area contributed by atoms with Crippen molar-refractivity contribution in [3.05, 3.63) is 47.5 Å². The minimum absolute atomic E-state index is 0.240. The first-order valence-corrected chi connectivity index (χ1v) is 17.9. The summed E-state index contributed by atoms with van der Waals surface area (Å²) < 4.78 is 39.0. The standard InChI is InChI=1S/C17H24BNO5.C14H20BNO4.C4H8Cl2O/c1-16(2)17(3,4)24-18(23-16)13-9-12(15(20)21)10-14(11-13)19-5-7-22-8-6-19;1-13(2)14(3,4)20-15(19-13)10-6-9(12(17)18-5)7-11(16)8-10;5-1-3-7-4-2-6/h9-11H,5-8H2,1-4H3,(H,20,21);6-8H,16H2,1-5H3;1-4H2. The van der Waals surface area contributed by atoms with Crippen LogP contribution in [0, 0.1) is 0 Å². The number of carboxylic acid groups (broad SMARTS) is 1. The van der Waals surface area contributed by atoms with Crippen LogP contribution in [0.3, 0.4) is 0 Å². The zero-order chi connectivity index (χ0) is 38.2. The third-order valence-electron chi connectivity index (χ3n) is 9.46. The molecule has 3 N–H and O–H groups in total. The second kappa shape index (κ2) is 18.0. The van der Waals surface area contributed by atoms with E-state index in [4.69, 9.17) is 61.8 Å². The number of anilines is 2. The minimum Gasteiger partial charge on any atom is -0.478 e. The van der Waals surface area contributed by atoms with E-state index in [1.54, 1.807) is 30.3 Å². The maximum Gasteiger partial charge on any atom is 0.494 e. The number of aromatic carboxylic acids is 1. The fraction of sp³-hybridized carbons (Fsp3) is 0.600. The van der Waals surface area contributed by atoms with Crippen LogP contribution in [0.4, 0.5) is 11.4 Å². The molecule has 0 aromatic heterocycles. The summed E-state index contributed by atoms with van der Waals surface area (Å²) in [4.78, 5) is 25.3. The molecule has 0 spiro atoms. The Labute approximate surface area is 312 Å². The summed E-state index contributed by atoms with van der Waals surface area (Å²) in [7, 11) is 0.209. The van der Waals surface area contributed by atoms with Gasteiger partial charge in [0.05, 0.1) is 67.1 Å². The van der Waals surface area contributed by atoms with E-state index in [1.165, 1.54) is 7.11 Å². The maximum absolute atomic E-state index is 11.6. The summed E-state index contributed by atoms with van der Waals surface area (Å²) in [5, 5.41) is 9.46. The van der Waals surface area contributed by atoms with Crippen molar-refractivity contribution in [2.24, 2.45) is 0 Å². The summed E-state index contributed by atoms with van der Waals surface area (Å²) in [6.45, 7) is 19.8. The molecular weight excluding hydrogens is 701 g/mol. The highest BCUT2D eigenvalue weighted by Gasteiger charge is 2.53. The number of methoxy groups -OCH3 is 1. The van der Waals surface area contributed by atoms with Gasteiger partial charge in [-0.1, -0.05) is 0 Å². The molecule has 0 amide bonds. The zero-order valence-corrected chi connectivity index (χ0v) is 32.7. The van der Waals surface area contributed by atoms with Crippen LogP contribution in [0.2, 0.25) is 0 Å². The number of benzene rings is 2. The van der Waals surface area contributed by atoms with E-state index in [0.717, 1.165) is 24.2 Å². The quantitative estimate of drug-likeness (QED) is 0.123. The van der Waals surface area contributed by atoms with Gasteiger partial charge < -0.3 is 48.6 Å². The van der Waals surface area contributed by atoms with Gasteiger partial charge in [-0.2, -0.15) is 0 Å². The number of hydrogen-bond acceptors (Lipinski definition) is 11. The number of esters is 1. The molecule has 0 atom stereocenters. The third-order valence-corrected chi connectivity index (χ3v) is 9.76. The van der Waals surface area contributed by atoms with Crippen molar-refractivity contribution in [1.29, 1.82) is 0 Å². The van der Waals surface area contributed by atoms with Gasteiger partial charge in [0.15, 0.2) is 0 Å². The van der Waals surface area contributed by atoms with Crippen LogP contribution in [-0.4, -0.2) is 112 Å². The normalized spacial score (nSPS) is 19.8. The van der Waals surface area contributed by atoms with Crippen LogP contribution >= 0.6 is 23.2 Å². The minimum atomic E-state index is -0.956. The van der Waals surface area contributed by atoms with E-state index in [-0.39, 0.29) is 5.56 Å². The molecule has 0 aliphatic carbocycles. The first-order valence-electron chi connectivity index (χ1n) is 16.9. The van der Waals surface area contributed by atoms with E-state index >= 15 is 0 Å². The Morgan fingerprint density at radius 3 is 1.65 bits per heavy atom. The first kappa shape index (κ1) is 42.9. The fourth-order valence-corrected chi connectivity index (χ4v) is 5.33. The van der Waals surface area contributed by atoms with Crippen molar-refractivity contribution >= 4 is 71.7 Å². The van der Waals surface area contributed by atoms with Gasteiger partial charge in [0.25, 0.3) is 0 Å². The van der Waals surface area contributed by atoms with Gasteiger partial charge >= 0.3 is 26.2 Å².